The van der Waals surface area contributed by atoms with Gasteiger partial charge < -0.3 is 10.1 Å². The summed E-state index contributed by atoms with van der Waals surface area (Å²) in [7, 11) is 1.72. The van der Waals surface area contributed by atoms with E-state index in [1.54, 1.807) is 7.11 Å². The molecule has 1 saturated heterocycles. The zero-order valence-electron chi connectivity index (χ0n) is 9.63. The van der Waals surface area contributed by atoms with Crippen molar-refractivity contribution in [1.82, 2.24) is 5.32 Å². The third-order valence-corrected chi connectivity index (χ3v) is 3.93. The molecule has 0 saturated carbocycles. The Morgan fingerprint density at radius 1 is 1.50 bits per heavy atom. The van der Waals surface area contributed by atoms with Crippen LogP contribution in [-0.2, 0) is 6.42 Å². The van der Waals surface area contributed by atoms with Gasteiger partial charge in [-0.1, -0.05) is 15.9 Å². The smallest absolute Gasteiger partial charge is 0.119 e. The summed E-state index contributed by atoms with van der Waals surface area (Å²) in [6.07, 6.45) is 3.76. The van der Waals surface area contributed by atoms with E-state index in [0.29, 0.717) is 0 Å². The third kappa shape index (κ3) is 2.98. The van der Waals surface area contributed by atoms with Gasteiger partial charge in [0, 0.05) is 4.47 Å². The van der Waals surface area contributed by atoms with Crippen molar-refractivity contribution >= 4 is 15.9 Å². The topological polar surface area (TPSA) is 21.3 Å². The molecule has 1 atom stereocenters. The molecule has 88 valence electrons. The second kappa shape index (κ2) is 5.69. The Balaban J connectivity index is 2.06. The molecule has 0 radical (unpaired) electrons. The monoisotopic (exact) mass is 283 g/mol. The van der Waals surface area contributed by atoms with Crippen LogP contribution in [-0.4, -0.2) is 20.2 Å². The molecule has 0 amide bonds. The molecule has 1 aromatic rings. The van der Waals surface area contributed by atoms with Crippen LogP contribution in [0.2, 0.25) is 0 Å². The van der Waals surface area contributed by atoms with E-state index in [-0.39, 0.29) is 0 Å². The first-order valence-corrected chi connectivity index (χ1v) is 6.62. The maximum absolute atomic E-state index is 5.26. The summed E-state index contributed by atoms with van der Waals surface area (Å²) in [5.74, 6) is 1.71. The van der Waals surface area contributed by atoms with Crippen molar-refractivity contribution in [2.45, 2.75) is 19.3 Å². The Labute approximate surface area is 106 Å². The number of halogens is 1. The Bertz CT molecular complexity index is 348. The lowest BCUT2D eigenvalue weighted by molar-refractivity contribution is 0.374. The zero-order chi connectivity index (χ0) is 11.4. The zero-order valence-corrected chi connectivity index (χ0v) is 11.2. The average Bonchev–Trinajstić information content (AvgIpc) is 2.33. The van der Waals surface area contributed by atoms with Gasteiger partial charge in [-0.3, -0.25) is 0 Å². The lowest BCUT2D eigenvalue weighted by Gasteiger charge is -2.23. The number of piperidine rings is 1. The van der Waals surface area contributed by atoms with Crippen molar-refractivity contribution in [3.05, 3.63) is 28.2 Å². The van der Waals surface area contributed by atoms with Crippen LogP contribution in [0.5, 0.6) is 5.75 Å². The maximum Gasteiger partial charge on any atom is 0.119 e. The highest BCUT2D eigenvalue weighted by atomic mass is 79.9. The van der Waals surface area contributed by atoms with E-state index in [0.717, 1.165) is 24.6 Å². The lowest BCUT2D eigenvalue weighted by Crippen LogP contribution is -2.30. The summed E-state index contributed by atoms with van der Waals surface area (Å²) in [6.45, 7) is 2.32. The molecule has 1 unspecified atom stereocenters. The van der Waals surface area contributed by atoms with E-state index in [2.05, 4.69) is 33.4 Å². The van der Waals surface area contributed by atoms with Gasteiger partial charge in [0.05, 0.1) is 7.11 Å². The second-order valence-electron chi connectivity index (χ2n) is 4.37. The first kappa shape index (κ1) is 11.9. The molecule has 3 heteroatoms. The van der Waals surface area contributed by atoms with Crippen molar-refractivity contribution in [3.8, 4) is 5.75 Å². The molecule has 0 aromatic heterocycles. The second-order valence-corrected chi connectivity index (χ2v) is 5.23. The van der Waals surface area contributed by atoms with E-state index < -0.39 is 0 Å². The van der Waals surface area contributed by atoms with Crippen LogP contribution in [0.4, 0.5) is 0 Å². The number of hydrogen-bond donors (Lipinski definition) is 1. The predicted octanol–water partition coefficient (Wildman–Crippen LogP) is 3.00. The van der Waals surface area contributed by atoms with Gasteiger partial charge in [-0.25, -0.2) is 0 Å². The van der Waals surface area contributed by atoms with Gasteiger partial charge in [0.1, 0.15) is 5.75 Å². The van der Waals surface area contributed by atoms with Crippen LogP contribution in [0, 0.1) is 5.92 Å². The molecule has 1 heterocycles. The van der Waals surface area contributed by atoms with E-state index >= 15 is 0 Å². The quantitative estimate of drug-likeness (QED) is 0.921. The van der Waals surface area contributed by atoms with Gasteiger partial charge in [-0.15, -0.1) is 0 Å². The van der Waals surface area contributed by atoms with Gasteiger partial charge in [0.15, 0.2) is 0 Å². The number of hydrogen-bond acceptors (Lipinski definition) is 2. The highest BCUT2D eigenvalue weighted by Gasteiger charge is 2.15. The van der Waals surface area contributed by atoms with Gasteiger partial charge >= 0.3 is 0 Å². The van der Waals surface area contributed by atoms with Crippen molar-refractivity contribution in [2.75, 3.05) is 20.2 Å². The van der Waals surface area contributed by atoms with Gasteiger partial charge in [0.2, 0.25) is 0 Å². The molecule has 1 aliphatic heterocycles. The van der Waals surface area contributed by atoms with Gasteiger partial charge in [-0.2, -0.15) is 0 Å². The molecule has 0 aliphatic carbocycles. The molecular formula is C13H18BrNO. The fraction of sp³-hybridized carbons (Fsp3) is 0.538. The van der Waals surface area contributed by atoms with Gasteiger partial charge in [-0.05, 0) is 62.0 Å². The maximum atomic E-state index is 5.26. The summed E-state index contributed by atoms with van der Waals surface area (Å²) in [5, 5.41) is 3.46. The number of benzene rings is 1. The molecule has 1 N–H and O–H groups in total. The molecule has 2 nitrogen and oxygen atoms in total. The minimum Gasteiger partial charge on any atom is -0.497 e. The summed E-state index contributed by atoms with van der Waals surface area (Å²) >= 11 is 3.61. The number of methoxy groups -OCH3 is 1. The van der Waals surface area contributed by atoms with Crippen molar-refractivity contribution in [2.24, 2.45) is 5.92 Å². The SMILES string of the molecule is COc1ccc(Br)c(CC2CCCNC2)c1. The summed E-state index contributed by atoms with van der Waals surface area (Å²) in [5.41, 5.74) is 1.35. The molecule has 1 aliphatic rings. The minimum atomic E-state index is 0.761. The fourth-order valence-electron chi connectivity index (χ4n) is 2.24. The predicted molar refractivity (Wildman–Crippen MR) is 70.0 cm³/mol. The summed E-state index contributed by atoms with van der Waals surface area (Å²) in [6, 6.07) is 6.20. The van der Waals surface area contributed by atoms with Crippen LogP contribution in [0.1, 0.15) is 18.4 Å². The molecule has 0 spiro atoms. The molecule has 16 heavy (non-hydrogen) atoms. The Kier molecular flexibility index (Phi) is 4.24. The Hall–Kier alpha value is -0.540. The standard InChI is InChI=1S/C13H18BrNO/c1-16-12-4-5-13(14)11(8-12)7-10-3-2-6-15-9-10/h4-5,8,10,15H,2-3,6-7,9H2,1H3. The van der Waals surface area contributed by atoms with Crippen LogP contribution >= 0.6 is 15.9 Å². The minimum absolute atomic E-state index is 0.761. The van der Waals surface area contributed by atoms with E-state index in [4.69, 9.17) is 4.74 Å². The van der Waals surface area contributed by atoms with Crippen molar-refractivity contribution < 1.29 is 4.74 Å². The van der Waals surface area contributed by atoms with Crippen LogP contribution < -0.4 is 10.1 Å². The molecule has 2 rings (SSSR count). The first-order chi connectivity index (χ1) is 7.79. The molecule has 1 fully saturated rings. The molecular weight excluding hydrogens is 266 g/mol. The largest absolute Gasteiger partial charge is 0.497 e. The van der Waals surface area contributed by atoms with E-state index in [1.807, 2.05) is 6.07 Å². The summed E-state index contributed by atoms with van der Waals surface area (Å²) in [4.78, 5) is 0. The Morgan fingerprint density at radius 3 is 3.06 bits per heavy atom. The van der Waals surface area contributed by atoms with Crippen LogP contribution in [0.25, 0.3) is 0 Å². The number of rotatable bonds is 3. The summed E-state index contributed by atoms with van der Waals surface area (Å²) < 4.78 is 6.46. The average molecular weight is 284 g/mol. The van der Waals surface area contributed by atoms with Crippen molar-refractivity contribution in [3.63, 3.8) is 0 Å². The molecule has 1 aromatic carbocycles. The number of ether oxygens (including phenoxy) is 1. The van der Waals surface area contributed by atoms with E-state index in [1.165, 1.54) is 29.4 Å². The third-order valence-electron chi connectivity index (χ3n) is 3.16. The van der Waals surface area contributed by atoms with Crippen LogP contribution in [0.3, 0.4) is 0 Å². The van der Waals surface area contributed by atoms with Gasteiger partial charge in [0.25, 0.3) is 0 Å². The van der Waals surface area contributed by atoms with E-state index in [9.17, 15) is 0 Å². The lowest BCUT2D eigenvalue weighted by atomic mass is 9.92. The Morgan fingerprint density at radius 2 is 2.38 bits per heavy atom. The normalized spacial score (nSPS) is 20.8. The first-order valence-electron chi connectivity index (χ1n) is 5.82. The fourth-order valence-corrected chi connectivity index (χ4v) is 2.65. The molecule has 0 bridgehead atoms. The number of nitrogens with one attached hydrogen (secondary N) is 1. The van der Waals surface area contributed by atoms with Crippen molar-refractivity contribution in [1.29, 1.82) is 0 Å². The van der Waals surface area contributed by atoms with Crippen LogP contribution in [0.15, 0.2) is 22.7 Å². The highest BCUT2D eigenvalue weighted by Crippen LogP contribution is 2.26. The highest BCUT2D eigenvalue weighted by molar-refractivity contribution is 9.10.